The maximum absolute atomic E-state index is 12.5. The first-order valence-corrected chi connectivity index (χ1v) is 7.81. The highest BCUT2D eigenvalue weighted by Gasteiger charge is 2.40. The number of likely N-dealkylation sites (N-methyl/N-ethyl adjacent to an activating group) is 1. The topological polar surface area (TPSA) is 130 Å². The van der Waals surface area contributed by atoms with Crippen LogP contribution in [0.2, 0.25) is 0 Å². The lowest BCUT2D eigenvalue weighted by molar-refractivity contribution is -0.113. The monoisotopic (exact) mass is 336 g/mol. The van der Waals surface area contributed by atoms with Gasteiger partial charge in [0.2, 0.25) is 5.95 Å². The molecule has 11 heteroatoms. The lowest BCUT2D eigenvalue weighted by Crippen LogP contribution is -2.38. The van der Waals surface area contributed by atoms with E-state index >= 15 is 0 Å². The molecule has 0 atom stereocenters. The SMILES string of the molecule is CN1C(C(=O)Nc2ncccn2)=C(O)c2cnn(C)c2S1(=O)=O. The van der Waals surface area contributed by atoms with Crippen LogP contribution in [0.5, 0.6) is 0 Å². The Morgan fingerprint density at radius 3 is 2.57 bits per heavy atom. The van der Waals surface area contributed by atoms with Crippen molar-refractivity contribution in [2.75, 3.05) is 12.4 Å². The molecule has 2 aromatic heterocycles. The number of carbonyl (C=O) groups excluding carboxylic acids is 1. The number of anilines is 1. The van der Waals surface area contributed by atoms with Crippen molar-refractivity contribution in [2.45, 2.75) is 5.03 Å². The molecule has 0 fully saturated rings. The van der Waals surface area contributed by atoms with Crippen molar-refractivity contribution >= 4 is 27.6 Å². The van der Waals surface area contributed by atoms with Gasteiger partial charge in [0.1, 0.15) is 0 Å². The summed E-state index contributed by atoms with van der Waals surface area (Å²) >= 11 is 0. The number of sulfonamides is 1. The number of nitrogens with zero attached hydrogens (tertiary/aromatic N) is 5. The molecule has 0 aromatic carbocycles. The van der Waals surface area contributed by atoms with Gasteiger partial charge in [-0.3, -0.25) is 19.1 Å². The van der Waals surface area contributed by atoms with Crippen LogP contribution in [0.15, 0.2) is 35.4 Å². The molecule has 1 amide bonds. The molecule has 120 valence electrons. The summed E-state index contributed by atoms with van der Waals surface area (Å²) in [7, 11) is -1.41. The lowest BCUT2D eigenvalue weighted by atomic mass is 10.2. The first-order valence-electron chi connectivity index (χ1n) is 6.37. The normalized spacial score (nSPS) is 16.2. The van der Waals surface area contributed by atoms with Crippen molar-refractivity contribution in [3.63, 3.8) is 0 Å². The second-order valence-corrected chi connectivity index (χ2v) is 6.57. The second kappa shape index (κ2) is 5.05. The predicted octanol–water partition coefficient (Wildman–Crippen LogP) is -0.291. The molecule has 0 bridgehead atoms. The third kappa shape index (κ3) is 2.21. The van der Waals surface area contributed by atoms with Crippen LogP contribution < -0.4 is 5.32 Å². The van der Waals surface area contributed by atoms with Crippen molar-refractivity contribution < 1.29 is 18.3 Å². The number of aromatic nitrogens is 4. The molecule has 0 saturated carbocycles. The zero-order chi connectivity index (χ0) is 16.8. The third-order valence-corrected chi connectivity index (χ3v) is 5.17. The van der Waals surface area contributed by atoms with E-state index in [2.05, 4.69) is 20.4 Å². The Hall–Kier alpha value is -2.95. The summed E-state index contributed by atoms with van der Waals surface area (Å²) in [4.78, 5) is 20.0. The lowest BCUT2D eigenvalue weighted by Gasteiger charge is -2.26. The molecule has 0 aliphatic carbocycles. The van der Waals surface area contributed by atoms with E-state index in [1.807, 2.05) is 0 Å². The summed E-state index contributed by atoms with van der Waals surface area (Å²) in [5, 5.41) is 16.3. The Balaban J connectivity index is 2.10. The number of aryl methyl sites for hydroxylation is 1. The average Bonchev–Trinajstić information content (AvgIpc) is 2.90. The van der Waals surface area contributed by atoms with Crippen LogP contribution in [-0.4, -0.2) is 50.5 Å². The molecule has 2 aromatic rings. The van der Waals surface area contributed by atoms with Crippen molar-refractivity contribution in [1.82, 2.24) is 24.1 Å². The van der Waals surface area contributed by atoms with Gasteiger partial charge in [-0.15, -0.1) is 0 Å². The van der Waals surface area contributed by atoms with Crippen LogP contribution in [-0.2, 0) is 21.9 Å². The first kappa shape index (κ1) is 15.0. The van der Waals surface area contributed by atoms with Gasteiger partial charge in [-0.25, -0.2) is 9.97 Å². The van der Waals surface area contributed by atoms with E-state index in [9.17, 15) is 18.3 Å². The largest absolute Gasteiger partial charge is 0.505 e. The van der Waals surface area contributed by atoms with Crippen molar-refractivity contribution in [3.8, 4) is 0 Å². The number of fused-ring (bicyclic) bond motifs is 1. The minimum atomic E-state index is -4.01. The van der Waals surface area contributed by atoms with Crippen molar-refractivity contribution in [3.05, 3.63) is 35.9 Å². The van der Waals surface area contributed by atoms with Crippen LogP contribution in [0.1, 0.15) is 5.56 Å². The quantitative estimate of drug-likeness (QED) is 0.770. The summed E-state index contributed by atoms with van der Waals surface area (Å²) in [5.74, 6) is -1.35. The Morgan fingerprint density at radius 2 is 1.91 bits per heavy atom. The van der Waals surface area contributed by atoms with Gasteiger partial charge < -0.3 is 5.11 Å². The highest BCUT2D eigenvalue weighted by Crippen LogP contribution is 2.34. The highest BCUT2D eigenvalue weighted by atomic mass is 32.2. The van der Waals surface area contributed by atoms with E-state index in [-0.39, 0.29) is 16.5 Å². The van der Waals surface area contributed by atoms with Crippen molar-refractivity contribution in [1.29, 1.82) is 0 Å². The molecule has 0 saturated heterocycles. The van der Waals surface area contributed by atoms with E-state index in [0.29, 0.717) is 4.31 Å². The van der Waals surface area contributed by atoms with Crippen LogP contribution >= 0.6 is 0 Å². The van der Waals surface area contributed by atoms with E-state index < -0.39 is 27.4 Å². The zero-order valence-electron chi connectivity index (χ0n) is 12.1. The van der Waals surface area contributed by atoms with E-state index in [0.717, 1.165) is 4.68 Å². The summed E-state index contributed by atoms with van der Waals surface area (Å²) in [6.45, 7) is 0. The smallest absolute Gasteiger partial charge is 0.282 e. The molecule has 0 unspecified atom stereocenters. The fourth-order valence-electron chi connectivity index (χ4n) is 2.20. The fourth-order valence-corrected chi connectivity index (χ4v) is 3.67. The molecule has 1 aliphatic heterocycles. The third-order valence-electron chi connectivity index (χ3n) is 3.29. The summed E-state index contributed by atoms with van der Waals surface area (Å²) in [6, 6.07) is 1.56. The van der Waals surface area contributed by atoms with Gasteiger partial charge >= 0.3 is 0 Å². The van der Waals surface area contributed by atoms with E-state index in [1.54, 1.807) is 6.07 Å². The zero-order valence-corrected chi connectivity index (χ0v) is 12.9. The first-order chi connectivity index (χ1) is 10.8. The number of hydrogen-bond donors (Lipinski definition) is 2. The maximum atomic E-state index is 12.5. The van der Waals surface area contributed by atoms with Crippen LogP contribution in [0.4, 0.5) is 5.95 Å². The Kier molecular flexibility index (Phi) is 3.29. The molecular formula is C12H12N6O4S. The second-order valence-electron chi connectivity index (χ2n) is 4.68. The number of rotatable bonds is 2. The maximum Gasteiger partial charge on any atom is 0.282 e. The van der Waals surface area contributed by atoms with Gasteiger partial charge in [0.25, 0.3) is 15.9 Å². The van der Waals surface area contributed by atoms with Gasteiger partial charge in [-0.05, 0) is 6.07 Å². The van der Waals surface area contributed by atoms with E-state index in [1.165, 1.54) is 32.7 Å². The van der Waals surface area contributed by atoms with E-state index in [4.69, 9.17) is 0 Å². The average molecular weight is 336 g/mol. The number of aliphatic hydroxyl groups excluding tert-OH is 1. The summed E-state index contributed by atoms with van der Waals surface area (Å²) in [6.07, 6.45) is 4.01. The number of nitrogens with one attached hydrogen (secondary N) is 1. The Labute approximate surface area is 131 Å². The summed E-state index contributed by atoms with van der Waals surface area (Å²) < 4.78 is 26.8. The fraction of sp³-hybridized carbons (Fsp3) is 0.167. The molecule has 10 nitrogen and oxygen atoms in total. The molecule has 0 radical (unpaired) electrons. The minimum Gasteiger partial charge on any atom is -0.505 e. The van der Waals surface area contributed by atoms with Gasteiger partial charge in [0, 0.05) is 26.5 Å². The molecule has 3 heterocycles. The van der Waals surface area contributed by atoms with Crippen molar-refractivity contribution in [2.24, 2.45) is 7.05 Å². The summed E-state index contributed by atoms with van der Waals surface area (Å²) in [5.41, 5.74) is -0.470. The van der Waals surface area contributed by atoms with Gasteiger partial charge in [-0.2, -0.15) is 13.5 Å². The minimum absolute atomic E-state index is 0.0134. The molecule has 1 aliphatic rings. The molecule has 3 rings (SSSR count). The molecule has 2 N–H and O–H groups in total. The number of hydrogen-bond acceptors (Lipinski definition) is 7. The Bertz CT molecular complexity index is 918. The standard InChI is InChI=1S/C12H12N6O4S/c1-17-11-7(6-15-17)9(19)8(18(2)23(11,21)22)10(20)16-12-13-4-3-5-14-12/h3-6,19H,1-2H3,(H,13,14,16,20). The molecule has 0 spiro atoms. The van der Waals surface area contributed by atoms with Gasteiger partial charge in [0.15, 0.2) is 16.5 Å². The number of amides is 1. The van der Waals surface area contributed by atoms with Gasteiger partial charge in [0.05, 0.1) is 11.8 Å². The number of aliphatic hydroxyl groups is 1. The predicted molar refractivity (Wildman–Crippen MR) is 78.4 cm³/mol. The van der Waals surface area contributed by atoms with Crippen LogP contribution in [0.25, 0.3) is 5.76 Å². The highest BCUT2D eigenvalue weighted by molar-refractivity contribution is 7.89. The molecular weight excluding hydrogens is 324 g/mol. The Morgan fingerprint density at radius 1 is 1.26 bits per heavy atom. The van der Waals surface area contributed by atoms with Crippen LogP contribution in [0.3, 0.4) is 0 Å². The van der Waals surface area contributed by atoms with Gasteiger partial charge in [-0.1, -0.05) is 0 Å². The van der Waals surface area contributed by atoms with Crippen LogP contribution in [0, 0.1) is 0 Å². The number of carbonyl (C=O) groups is 1. The molecule has 23 heavy (non-hydrogen) atoms.